The Balaban J connectivity index is 1.26. The first-order chi connectivity index (χ1) is 19.2. The molecule has 4 aromatic rings. The molecule has 0 fully saturated rings. The Hall–Kier alpha value is -4.93. The van der Waals surface area contributed by atoms with E-state index in [-0.39, 0.29) is 31.5 Å². The van der Waals surface area contributed by atoms with Crippen LogP contribution < -0.4 is 15.5 Å². The van der Waals surface area contributed by atoms with Crippen LogP contribution in [-0.4, -0.2) is 58.6 Å². The van der Waals surface area contributed by atoms with Crippen LogP contribution >= 0.6 is 0 Å². The van der Waals surface area contributed by atoms with E-state index < -0.39 is 17.8 Å². The van der Waals surface area contributed by atoms with Gasteiger partial charge >= 0.3 is 12.2 Å². The summed E-state index contributed by atoms with van der Waals surface area (Å²) in [6.07, 6.45) is -1.47. The SMILES string of the molecule is CC(C)(C)OC(=O)NCCNC(=O)c1cccc2c1-c1ccccc1C2COC(=O)On1nnc2ccccc21. The second-order valence-electron chi connectivity index (χ2n) is 10.2. The summed E-state index contributed by atoms with van der Waals surface area (Å²) in [6.45, 7) is 5.78. The zero-order chi connectivity index (χ0) is 28.3. The van der Waals surface area contributed by atoms with Crippen molar-refractivity contribution >= 4 is 29.2 Å². The van der Waals surface area contributed by atoms with Crippen LogP contribution in [0.5, 0.6) is 0 Å². The van der Waals surface area contributed by atoms with Crippen molar-refractivity contribution in [1.82, 2.24) is 25.8 Å². The van der Waals surface area contributed by atoms with Crippen LogP contribution in [0.25, 0.3) is 22.2 Å². The first-order valence-corrected chi connectivity index (χ1v) is 12.8. The lowest BCUT2D eigenvalue weighted by Gasteiger charge is -2.19. The Labute approximate surface area is 230 Å². The molecule has 11 heteroatoms. The highest BCUT2D eigenvalue weighted by Crippen LogP contribution is 2.46. The van der Waals surface area contributed by atoms with Crippen LogP contribution in [-0.2, 0) is 9.47 Å². The molecule has 0 aliphatic heterocycles. The monoisotopic (exact) mass is 543 g/mol. The van der Waals surface area contributed by atoms with E-state index in [0.29, 0.717) is 16.6 Å². The van der Waals surface area contributed by atoms with Crippen molar-refractivity contribution < 1.29 is 28.7 Å². The Bertz CT molecular complexity index is 1570. The van der Waals surface area contributed by atoms with Crippen LogP contribution in [0.1, 0.15) is 48.2 Å². The number of ether oxygens (including phenoxy) is 2. The lowest BCUT2D eigenvalue weighted by Crippen LogP contribution is -2.38. The van der Waals surface area contributed by atoms with Crippen molar-refractivity contribution in [2.24, 2.45) is 0 Å². The summed E-state index contributed by atoms with van der Waals surface area (Å²) >= 11 is 0. The van der Waals surface area contributed by atoms with E-state index in [4.69, 9.17) is 14.3 Å². The van der Waals surface area contributed by atoms with Gasteiger partial charge in [-0.25, -0.2) is 9.59 Å². The molecule has 3 aromatic carbocycles. The van der Waals surface area contributed by atoms with E-state index in [9.17, 15) is 14.4 Å². The molecule has 1 aliphatic rings. The number of aromatic nitrogens is 3. The van der Waals surface area contributed by atoms with Gasteiger partial charge in [-0.05, 0) is 66.4 Å². The van der Waals surface area contributed by atoms with Crippen LogP contribution in [0.2, 0.25) is 0 Å². The number of hydrogen-bond acceptors (Lipinski definition) is 8. The molecule has 206 valence electrons. The molecule has 2 N–H and O–H groups in total. The van der Waals surface area contributed by atoms with E-state index in [1.54, 1.807) is 51.1 Å². The normalized spacial score (nSPS) is 13.7. The largest absolute Gasteiger partial charge is 0.535 e. The number of carbonyl (C=O) groups excluding carboxylic acids is 3. The quantitative estimate of drug-likeness (QED) is 0.203. The molecule has 1 atom stereocenters. The predicted octanol–water partition coefficient (Wildman–Crippen LogP) is 4.06. The van der Waals surface area contributed by atoms with Crippen LogP contribution in [0.4, 0.5) is 9.59 Å². The van der Waals surface area contributed by atoms with E-state index in [1.807, 2.05) is 36.4 Å². The molecular weight excluding hydrogens is 514 g/mol. The van der Waals surface area contributed by atoms with Gasteiger partial charge in [0.15, 0.2) is 0 Å². The first kappa shape index (κ1) is 26.7. The average molecular weight is 544 g/mol. The van der Waals surface area contributed by atoms with Gasteiger partial charge in [-0.1, -0.05) is 53.4 Å². The zero-order valence-electron chi connectivity index (χ0n) is 22.3. The minimum atomic E-state index is -0.923. The van der Waals surface area contributed by atoms with Gasteiger partial charge in [0.1, 0.15) is 23.2 Å². The summed E-state index contributed by atoms with van der Waals surface area (Å²) in [4.78, 5) is 43.8. The van der Waals surface area contributed by atoms with Crippen molar-refractivity contribution in [3.05, 3.63) is 83.4 Å². The molecule has 0 spiro atoms. The fourth-order valence-electron chi connectivity index (χ4n) is 4.64. The lowest BCUT2D eigenvalue weighted by atomic mass is 9.96. The Morgan fingerprint density at radius 1 is 0.900 bits per heavy atom. The number of benzene rings is 3. The van der Waals surface area contributed by atoms with Crippen molar-refractivity contribution in [2.45, 2.75) is 32.3 Å². The molecule has 1 heterocycles. The topological polar surface area (TPSA) is 134 Å². The van der Waals surface area contributed by atoms with Crippen LogP contribution in [0.3, 0.4) is 0 Å². The Kier molecular flexibility index (Phi) is 7.37. The van der Waals surface area contributed by atoms with Crippen molar-refractivity contribution in [1.29, 1.82) is 0 Å². The maximum Gasteiger partial charge on any atom is 0.535 e. The average Bonchev–Trinajstić information content (AvgIpc) is 3.47. The summed E-state index contributed by atoms with van der Waals surface area (Å²) < 4.78 is 10.7. The molecule has 2 amide bonds. The van der Waals surface area contributed by atoms with E-state index >= 15 is 0 Å². The van der Waals surface area contributed by atoms with Gasteiger partial charge < -0.3 is 20.1 Å². The number of alkyl carbamates (subject to hydrolysis) is 1. The van der Waals surface area contributed by atoms with E-state index in [0.717, 1.165) is 27.1 Å². The molecule has 1 aromatic heterocycles. The summed E-state index contributed by atoms with van der Waals surface area (Å²) in [5.74, 6) is -0.579. The number of carbonyl (C=O) groups is 3. The van der Waals surface area contributed by atoms with Gasteiger partial charge in [0.2, 0.25) is 0 Å². The Morgan fingerprint density at radius 3 is 2.45 bits per heavy atom. The molecule has 1 unspecified atom stereocenters. The van der Waals surface area contributed by atoms with Gasteiger partial charge in [0.25, 0.3) is 5.91 Å². The third kappa shape index (κ3) is 5.73. The number of fused-ring (bicyclic) bond motifs is 4. The highest BCUT2D eigenvalue weighted by Gasteiger charge is 2.33. The molecule has 11 nitrogen and oxygen atoms in total. The number of rotatable bonds is 7. The summed E-state index contributed by atoms with van der Waals surface area (Å²) in [7, 11) is 0. The zero-order valence-corrected chi connectivity index (χ0v) is 22.3. The van der Waals surface area contributed by atoms with Gasteiger partial charge in [0.05, 0.1) is 0 Å². The third-order valence-electron chi connectivity index (χ3n) is 6.25. The fourth-order valence-corrected chi connectivity index (χ4v) is 4.64. The second-order valence-corrected chi connectivity index (χ2v) is 10.2. The summed E-state index contributed by atoms with van der Waals surface area (Å²) in [5, 5.41) is 13.3. The number of amides is 2. The number of nitrogens with zero attached hydrogens (tertiary/aromatic N) is 3. The maximum absolute atomic E-state index is 13.2. The smallest absolute Gasteiger partial charge is 0.444 e. The van der Waals surface area contributed by atoms with Gasteiger partial charge in [-0.15, -0.1) is 5.10 Å². The third-order valence-corrected chi connectivity index (χ3v) is 6.25. The molecule has 0 radical (unpaired) electrons. The van der Waals surface area contributed by atoms with Crippen molar-refractivity contribution in [3.63, 3.8) is 0 Å². The Morgan fingerprint density at radius 2 is 1.62 bits per heavy atom. The summed E-state index contributed by atoms with van der Waals surface area (Å²) in [5.41, 5.74) is 4.46. The molecule has 1 aliphatic carbocycles. The van der Waals surface area contributed by atoms with E-state index in [2.05, 4.69) is 20.9 Å². The number of para-hydroxylation sites is 1. The van der Waals surface area contributed by atoms with Crippen LogP contribution in [0.15, 0.2) is 66.7 Å². The lowest BCUT2D eigenvalue weighted by molar-refractivity contribution is 0.0378. The molecular formula is C29H29N5O6. The second kappa shape index (κ2) is 11.0. The van der Waals surface area contributed by atoms with Gasteiger partial charge in [0, 0.05) is 24.6 Å². The summed E-state index contributed by atoms with van der Waals surface area (Å²) in [6, 6.07) is 20.2. The molecule has 0 bridgehead atoms. The maximum atomic E-state index is 13.2. The molecule has 5 rings (SSSR count). The number of hydrogen-bond donors (Lipinski definition) is 2. The first-order valence-electron chi connectivity index (χ1n) is 12.8. The molecule has 40 heavy (non-hydrogen) atoms. The van der Waals surface area contributed by atoms with Crippen LogP contribution in [0, 0.1) is 0 Å². The fraction of sp³-hybridized carbons (Fsp3) is 0.276. The molecule has 0 saturated heterocycles. The van der Waals surface area contributed by atoms with E-state index in [1.165, 1.54) is 0 Å². The van der Waals surface area contributed by atoms with Crippen molar-refractivity contribution in [3.8, 4) is 11.1 Å². The highest BCUT2D eigenvalue weighted by atomic mass is 16.8. The number of nitrogens with one attached hydrogen (secondary N) is 2. The highest BCUT2D eigenvalue weighted by molar-refractivity contribution is 6.03. The minimum Gasteiger partial charge on any atom is -0.444 e. The predicted molar refractivity (Wildman–Crippen MR) is 146 cm³/mol. The minimum absolute atomic E-state index is 0.000354. The van der Waals surface area contributed by atoms with Gasteiger partial charge in [-0.3, -0.25) is 9.63 Å². The standard InChI is InChI=1S/C29H29N5O6/c1-29(2,3)39-27(36)31-16-15-30-26(35)21-12-8-11-20-22(18-9-4-5-10-19(18)25(20)21)17-38-28(37)40-34-24-14-7-6-13-23(24)32-33-34/h4-14,22H,15-17H2,1-3H3,(H,30,35)(H,31,36). The molecule has 0 saturated carbocycles. The van der Waals surface area contributed by atoms with Gasteiger partial charge in [-0.2, -0.15) is 0 Å². The van der Waals surface area contributed by atoms with Crippen molar-refractivity contribution in [2.75, 3.05) is 19.7 Å².